The van der Waals surface area contributed by atoms with E-state index in [9.17, 15) is 9.90 Å². The molecule has 0 aliphatic rings. The van der Waals surface area contributed by atoms with Crippen LogP contribution in [0.15, 0.2) is 30.3 Å². The van der Waals surface area contributed by atoms with Crippen LogP contribution in [0.25, 0.3) is 0 Å². The lowest BCUT2D eigenvalue weighted by molar-refractivity contribution is -0.146. The van der Waals surface area contributed by atoms with E-state index in [1.54, 1.807) is 19.2 Å². The summed E-state index contributed by atoms with van der Waals surface area (Å²) in [7, 11) is 2.90. The van der Waals surface area contributed by atoms with Crippen molar-refractivity contribution in [1.82, 2.24) is 5.32 Å². The van der Waals surface area contributed by atoms with Gasteiger partial charge in [0.2, 0.25) is 0 Å². The number of aliphatic hydroxyl groups excluding tert-OH is 1. The summed E-state index contributed by atoms with van der Waals surface area (Å²) in [5, 5.41) is 12.6. The monoisotopic (exact) mass is 209 g/mol. The molecule has 0 amide bonds. The summed E-state index contributed by atoms with van der Waals surface area (Å²) in [4.78, 5) is 11.3. The van der Waals surface area contributed by atoms with Crippen molar-refractivity contribution in [3.05, 3.63) is 35.9 Å². The highest BCUT2D eigenvalue weighted by molar-refractivity contribution is 5.76. The Balaban J connectivity index is 2.82. The number of ether oxygens (including phenoxy) is 1. The lowest BCUT2D eigenvalue weighted by Gasteiger charge is -2.20. The maximum Gasteiger partial charge on any atom is 0.325 e. The molecule has 0 spiro atoms. The van der Waals surface area contributed by atoms with Crippen LogP contribution in [0, 0.1) is 0 Å². The number of hydrogen-bond acceptors (Lipinski definition) is 4. The van der Waals surface area contributed by atoms with E-state index in [2.05, 4.69) is 10.1 Å². The van der Waals surface area contributed by atoms with Crippen LogP contribution in [0.5, 0.6) is 0 Å². The highest BCUT2D eigenvalue weighted by Gasteiger charge is 2.26. The standard InChI is InChI=1S/C11H15NO3/c1-12-9(11(14)15-2)10(13)8-6-4-3-5-7-8/h3-7,9-10,12-13H,1-2H3/t9-,10-/m1/s1. The first-order valence-electron chi connectivity index (χ1n) is 4.68. The van der Waals surface area contributed by atoms with Crippen molar-refractivity contribution in [3.63, 3.8) is 0 Å². The molecule has 0 saturated carbocycles. The van der Waals surface area contributed by atoms with E-state index in [4.69, 9.17) is 0 Å². The molecule has 2 N–H and O–H groups in total. The summed E-state index contributed by atoms with van der Waals surface area (Å²) in [5.74, 6) is -0.478. The average Bonchev–Trinajstić information content (AvgIpc) is 2.30. The van der Waals surface area contributed by atoms with Crippen molar-refractivity contribution < 1.29 is 14.6 Å². The predicted octanol–water partition coefficient (Wildman–Crippen LogP) is 0.481. The Bertz CT molecular complexity index is 313. The SMILES string of the molecule is CN[C@@H](C(=O)OC)[C@H](O)c1ccccc1. The fourth-order valence-corrected chi connectivity index (χ4v) is 1.37. The van der Waals surface area contributed by atoms with E-state index in [1.165, 1.54) is 7.11 Å². The van der Waals surface area contributed by atoms with Gasteiger partial charge in [-0.1, -0.05) is 30.3 Å². The number of aliphatic hydroxyl groups is 1. The fraction of sp³-hybridized carbons (Fsp3) is 0.364. The van der Waals surface area contributed by atoms with Crippen molar-refractivity contribution in [2.24, 2.45) is 0 Å². The zero-order valence-corrected chi connectivity index (χ0v) is 8.81. The van der Waals surface area contributed by atoms with Crippen LogP contribution in [0.3, 0.4) is 0 Å². The molecular weight excluding hydrogens is 194 g/mol. The zero-order valence-electron chi connectivity index (χ0n) is 8.81. The Hall–Kier alpha value is -1.39. The largest absolute Gasteiger partial charge is 0.468 e. The molecule has 1 aromatic carbocycles. The highest BCUT2D eigenvalue weighted by Crippen LogP contribution is 2.16. The van der Waals surface area contributed by atoms with Gasteiger partial charge >= 0.3 is 5.97 Å². The van der Waals surface area contributed by atoms with E-state index >= 15 is 0 Å². The summed E-state index contributed by atoms with van der Waals surface area (Å²) in [5.41, 5.74) is 0.683. The molecule has 82 valence electrons. The maximum absolute atomic E-state index is 11.3. The third-order valence-corrected chi connectivity index (χ3v) is 2.22. The maximum atomic E-state index is 11.3. The highest BCUT2D eigenvalue weighted by atomic mass is 16.5. The molecule has 0 unspecified atom stereocenters. The first-order chi connectivity index (χ1) is 7.20. The van der Waals surface area contributed by atoms with Crippen LogP contribution in [-0.4, -0.2) is 31.3 Å². The minimum absolute atomic E-state index is 0.478. The number of carbonyl (C=O) groups is 1. The first-order valence-corrected chi connectivity index (χ1v) is 4.68. The molecule has 1 rings (SSSR count). The average molecular weight is 209 g/mol. The molecule has 0 aromatic heterocycles. The second kappa shape index (κ2) is 5.48. The first kappa shape index (κ1) is 11.7. The van der Waals surface area contributed by atoms with Crippen molar-refractivity contribution >= 4 is 5.97 Å². The van der Waals surface area contributed by atoms with Gasteiger partial charge in [0.05, 0.1) is 7.11 Å². The van der Waals surface area contributed by atoms with E-state index in [-0.39, 0.29) is 0 Å². The molecule has 4 nitrogen and oxygen atoms in total. The summed E-state index contributed by atoms with van der Waals surface area (Å²) >= 11 is 0. The minimum atomic E-state index is -0.899. The van der Waals surface area contributed by atoms with Crippen LogP contribution < -0.4 is 5.32 Å². The van der Waals surface area contributed by atoms with Gasteiger partial charge in [0.1, 0.15) is 12.1 Å². The summed E-state index contributed by atoms with van der Waals surface area (Å²) in [6.07, 6.45) is -0.899. The summed E-state index contributed by atoms with van der Waals surface area (Å²) in [6, 6.07) is 8.25. The van der Waals surface area contributed by atoms with Crippen molar-refractivity contribution in [2.45, 2.75) is 12.1 Å². The number of methoxy groups -OCH3 is 1. The van der Waals surface area contributed by atoms with E-state index in [0.29, 0.717) is 5.56 Å². The third kappa shape index (κ3) is 2.78. The number of nitrogens with one attached hydrogen (secondary N) is 1. The molecule has 15 heavy (non-hydrogen) atoms. The van der Waals surface area contributed by atoms with Gasteiger partial charge in [-0.05, 0) is 12.6 Å². The van der Waals surface area contributed by atoms with Crippen LogP contribution >= 0.6 is 0 Å². The number of likely N-dealkylation sites (N-methyl/N-ethyl adjacent to an activating group) is 1. The summed E-state index contributed by atoms with van der Waals surface area (Å²) < 4.78 is 4.58. The lowest BCUT2D eigenvalue weighted by atomic mass is 10.0. The molecule has 2 atom stereocenters. The Morgan fingerprint density at radius 2 is 2.00 bits per heavy atom. The van der Waals surface area contributed by atoms with Gasteiger partial charge in [-0.2, -0.15) is 0 Å². The molecule has 0 aliphatic heterocycles. The lowest BCUT2D eigenvalue weighted by Crippen LogP contribution is -2.40. The van der Waals surface area contributed by atoms with Gasteiger partial charge in [-0.3, -0.25) is 4.79 Å². The van der Waals surface area contributed by atoms with E-state index in [1.807, 2.05) is 18.2 Å². The molecule has 1 aromatic rings. The molecule has 0 bridgehead atoms. The second-order valence-electron chi connectivity index (χ2n) is 3.15. The summed E-state index contributed by atoms with van der Waals surface area (Å²) in [6.45, 7) is 0. The molecular formula is C11H15NO3. The van der Waals surface area contributed by atoms with Crippen molar-refractivity contribution in [2.75, 3.05) is 14.2 Å². The molecule has 0 radical (unpaired) electrons. The fourth-order valence-electron chi connectivity index (χ4n) is 1.37. The quantitative estimate of drug-likeness (QED) is 0.708. The van der Waals surface area contributed by atoms with Crippen LogP contribution in [-0.2, 0) is 9.53 Å². The predicted molar refractivity (Wildman–Crippen MR) is 56.3 cm³/mol. The third-order valence-electron chi connectivity index (χ3n) is 2.22. The normalized spacial score (nSPS) is 14.3. The smallest absolute Gasteiger partial charge is 0.325 e. The van der Waals surface area contributed by atoms with Crippen LogP contribution in [0.1, 0.15) is 11.7 Å². The number of esters is 1. The number of carbonyl (C=O) groups excluding carboxylic acids is 1. The topological polar surface area (TPSA) is 58.6 Å². The Labute approximate surface area is 88.9 Å². The molecule has 0 aliphatic carbocycles. The Morgan fingerprint density at radius 3 is 2.47 bits per heavy atom. The van der Waals surface area contributed by atoms with Gasteiger partial charge < -0.3 is 15.2 Å². The van der Waals surface area contributed by atoms with Crippen molar-refractivity contribution in [3.8, 4) is 0 Å². The number of hydrogen-bond donors (Lipinski definition) is 2. The van der Waals surface area contributed by atoms with Gasteiger partial charge in [-0.15, -0.1) is 0 Å². The molecule has 4 heteroatoms. The van der Waals surface area contributed by atoms with Gasteiger partial charge in [0, 0.05) is 0 Å². The van der Waals surface area contributed by atoms with Crippen LogP contribution in [0.2, 0.25) is 0 Å². The minimum Gasteiger partial charge on any atom is -0.468 e. The van der Waals surface area contributed by atoms with Gasteiger partial charge in [0.25, 0.3) is 0 Å². The second-order valence-corrected chi connectivity index (χ2v) is 3.15. The van der Waals surface area contributed by atoms with Crippen LogP contribution in [0.4, 0.5) is 0 Å². The van der Waals surface area contributed by atoms with Gasteiger partial charge in [-0.25, -0.2) is 0 Å². The van der Waals surface area contributed by atoms with Gasteiger partial charge in [0.15, 0.2) is 0 Å². The molecule has 0 heterocycles. The number of benzene rings is 1. The Morgan fingerprint density at radius 1 is 1.40 bits per heavy atom. The Kier molecular flexibility index (Phi) is 4.27. The van der Waals surface area contributed by atoms with E-state index in [0.717, 1.165) is 0 Å². The van der Waals surface area contributed by atoms with E-state index < -0.39 is 18.1 Å². The zero-order chi connectivity index (χ0) is 11.3. The molecule has 0 fully saturated rings. The molecule has 0 saturated heterocycles. The van der Waals surface area contributed by atoms with Crippen molar-refractivity contribution in [1.29, 1.82) is 0 Å². The number of rotatable bonds is 4.